The average Bonchev–Trinajstić information content (AvgIpc) is 3.12. The monoisotopic (exact) mass is 344 g/mol. The van der Waals surface area contributed by atoms with Crippen molar-refractivity contribution in [3.05, 3.63) is 52.3 Å². The van der Waals surface area contributed by atoms with Gasteiger partial charge in [-0.1, -0.05) is 25.0 Å². The number of nitro benzene ring substituents is 1. The fraction of sp³-hybridized carbons (Fsp3) is 0.412. The minimum atomic E-state index is -0.482. The molecule has 0 bridgehead atoms. The Morgan fingerprint density at radius 2 is 2.08 bits per heavy atom. The molecule has 2 atom stereocenters. The van der Waals surface area contributed by atoms with Crippen LogP contribution in [0.15, 0.2) is 36.5 Å². The van der Waals surface area contributed by atoms with Gasteiger partial charge in [0.25, 0.3) is 11.6 Å². The lowest BCUT2D eigenvalue weighted by Crippen LogP contribution is -2.43. The molecule has 1 heterocycles. The Morgan fingerprint density at radius 1 is 1.32 bits per heavy atom. The van der Waals surface area contributed by atoms with Crippen LogP contribution < -0.4 is 5.32 Å². The molecule has 132 valence electrons. The van der Waals surface area contributed by atoms with Gasteiger partial charge in [0, 0.05) is 30.8 Å². The first-order valence-corrected chi connectivity index (χ1v) is 8.31. The number of para-hydroxylation sites is 2. The molecule has 1 aliphatic carbocycles. The molecule has 2 aromatic rings. The van der Waals surface area contributed by atoms with Gasteiger partial charge in [-0.05, 0) is 25.0 Å². The van der Waals surface area contributed by atoms with Crippen LogP contribution in [0, 0.1) is 16.0 Å². The Balaban J connectivity index is 1.77. The highest BCUT2D eigenvalue weighted by Gasteiger charge is 2.27. The van der Waals surface area contributed by atoms with Crippen molar-refractivity contribution in [3.8, 4) is 5.69 Å². The van der Waals surface area contributed by atoms with Crippen LogP contribution in [0.1, 0.15) is 36.2 Å². The molecule has 1 amide bonds. The van der Waals surface area contributed by atoms with Crippen LogP contribution in [0.3, 0.4) is 0 Å². The zero-order chi connectivity index (χ0) is 17.8. The van der Waals surface area contributed by atoms with Gasteiger partial charge in [0.05, 0.1) is 4.92 Å². The van der Waals surface area contributed by atoms with E-state index in [0.29, 0.717) is 5.69 Å². The molecule has 1 aromatic heterocycles. The molecule has 3 rings (SSSR count). The Labute approximate surface area is 144 Å². The maximum atomic E-state index is 12.4. The summed E-state index contributed by atoms with van der Waals surface area (Å²) >= 11 is 0. The van der Waals surface area contributed by atoms with Crippen molar-refractivity contribution in [2.45, 2.75) is 31.7 Å². The first kappa shape index (κ1) is 17.1. The lowest BCUT2D eigenvalue weighted by molar-refractivity contribution is -0.384. The predicted octanol–water partition coefficient (Wildman–Crippen LogP) is 2.06. The number of hydrogen-bond donors (Lipinski definition) is 2. The molecule has 1 aliphatic rings. The molecule has 1 saturated carbocycles. The third-order valence-electron chi connectivity index (χ3n) is 4.61. The summed E-state index contributed by atoms with van der Waals surface area (Å²) in [5.41, 5.74) is 0.419. The van der Waals surface area contributed by atoms with Gasteiger partial charge in [-0.15, -0.1) is 0 Å². The van der Waals surface area contributed by atoms with Crippen LogP contribution in [0.4, 0.5) is 5.69 Å². The second-order valence-electron chi connectivity index (χ2n) is 6.20. The first-order chi connectivity index (χ1) is 12.1. The summed E-state index contributed by atoms with van der Waals surface area (Å²) in [6.07, 6.45) is 5.34. The summed E-state index contributed by atoms with van der Waals surface area (Å²) in [6, 6.07) is 7.69. The van der Waals surface area contributed by atoms with Crippen molar-refractivity contribution < 1.29 is 14.8 Å². The van der Waals surface area contributed by atoms with E-state index in [4.69, 9.17) is 0 Å². The van der Waals surface area contributed by atoms with Crippen LogP contribution >= 0.6 is 0 Å². The van der Waals surface area contributed by atoms with Gasteiger partial charge in [-0.25, -0.2) is 4.68 Å². The molecule has 2 N–H and O–H groups in total. The minimum absolute atomic E-state index is 0.0512. The van der Waals surface area contributed by atoms with E-state index in [-0.39, 0.29) is 35.9 Å². The predicted molar refractivity (Wildman–Crippen MR) is 90.5 cm³/mol. The van der Waals surface area contributed by atoms with E-state index in [0.717, 1.165) is 25.7 Å². The number of nitro groups is 1. The van der Waals surface area contributed by atoms with E-state index >= 15 is 0 Å². The maximum absolute atomic E-state index is 12.4. The van der Waals surface area contributed by atoms with Gasteiger partial charge in [-0.3, -0.25) is 14.9 Å². The molecular formula is C17H20N4O4. The highest BCUT2D eigenvalue weighted by Crippen LogP contribution is 2.25. The summed E-state index contributed by atoms with van der Waals surface area (Å²) in [7, 11) is 0. The lowest BCUT2D eigenvalue weighted by atomic mass is 9.85. The Morgan fingerprint density at radius 3 is 2.84 bits per heavy atom. The number of aliphatic hydroxyl groups is 1. The highest BCUT2D eigenvalue weighted by molar-refractivity contribution is 5.92. The number of carbonyl (C=O) groups is 1. The molecule has 0 saturated heterocycles. The molecule has 1 aromatic carbocycles. The third-order valence-corrected chi connectivity index (χ3v) is 4.61. The van der Waals surface area contributed by atoms with E-state index < -0.39 is 4.92 Å². The summed E-state index contributed by atoms with van der Waals surface area (Å²) in [5, 5.41) is 27.7. The molecule has 2 unspecified atom stereocenters. The summed E-state index contributed by atoms with van der Waals surface area (Å²) in [4.78, 5) is 23.1. The minimum Gasteiger partial charge on any atom is -0.396 e. The van der Waals surface area contributed by atoms with Crippen molar-refractivity contribution in [3.63, 3.8) is 0 Å². The molecular weight excluding hydrogens is 324 g/mol. The third kappa shape index (κ3) is 3.69. The lowest BCUT2D eigenvalue weighted by Gasteiger charge is -2.30. The van der Waals surface area contributed by atoms with Crippen LogP contribution in [0.2, 0.25) is 0 Å². The van der Waals surface area contributed by atoms with Crippen molar-refractivity contribution in [1.82, 2.24) is 15.1 Å². The second-order valence-corrected chi connectivity index (χ2v) is 6.20. The van der Waals surface area contributed by atoms with Gasteiger partial charge >= 0.3 is 0 Å². The van der Waals surface area contributed by atoms with Crippen LogP contribution in [0.5, 0.6) is 0 Å². The van der Waals surface area contributed by atoms with Gasteiger partial charge in [0.2, 0.25) is 0 Å². The summed E-state index contributed by atoms with van der Waals surface area (Å²) in [6.45, 7) is 0.0512. The van der Waals surface area contributed by atoms with Gasteiger partial charge in [-0.2, -0.15) is 5.10 Å². The van der Waals surface area contributed by atoms with Gasteiger partial charge in [0.1, 0.15) is 5.69 Å². The van der Waals surface area contributed by atoms with Crippen LogP contribution in [-0.4, -0.2) is 38.4 Å². The molecule has 8 nitrogen and oxygen atoms in total. The topological polar surface area (TPSA) is 110 Å². The van der Waals surface area contributed by atoms with E-state index in [1.807, 2.05) is 0 Å². The number of carbonyl (C=O) groups excluding carboxylic acids is 1. The van der Waals surface area contributed by atoms with Gasteiger partial charge < -0.3 is 10.4 Å². The Hall–Kier alpha value is -2.74. The number of nitrogens with one attached hydrogen (secondary N) is 1. The van der Waals surface area contributed by atoms with E-state index in [1.54, 1.807) is 18.2 Å². The number of rotatable bonds is 5. The number of aliphatic hydroxyl groups excluding tert-OH is 1. The number of aromatic nitrogens is 2. The summed E-state index contributed by atoms with van der Waals surface area (Å²) < 4.78 is 1.33. The van der Waals surface area contributed by atoms with E-state index in [2.05, 4.69) is 10.4 Å². The van der Waals surface area contributed by atoms with Crippen molar-refractivity contribution in [1.29, 1.82) is 0 Å². The maximum Gasteiger partial charge on any atom is 0.294 e. The average molecular weight is 344 g/mol. The molecule has 25 heavy (non-hydrogen) atoms. The largest absolute Gasteiger partial charge is 0.396 e. The van der Waals surface area contributed by atoms with Crippen LogP contribution in [-0.2, 0) is 0 Å². The SMILES string of the molecule is O=C(NC1CCCCC1CO)c1ccn(-c2ccccc2[N+](=O)[O-])n1. The number of hydrogen-bond acceptors (Lipinski definition) is 5. The first-order valence-electron chi connectivity index (χ1n) is 8.31. The normalized spacial score (nSPS) is 20.2. The smallest absolute Gasteiger partial charge is 0.294 e. The van der Waals surface area contributed by atoms with Crippen molar-refractivity contribution in [2.24, 2.45) is 5.92 Å². The standard InChI is InChI=1S/C17H20N4O4/c22-11-12-5-1-2-6-13(12)18-17(23)14-9-10-20(19-14)15-7-3-4-8-16(15)21(24)25/h3-4,7-10,12-13,22H,1-2,5-6,11H2,(H,18,23). The number of nitrogens with zero attached hydrogens (tertiary/aromatic N) is 3. The molecule has 1 fully saturated rings. The molecule has 0 aliphatic heterocycles. The van der Waals surface area contributed by atoms with Crippen molar-refractivity contribution in [2.75, 3.05) is 6.61 Å². The van der Waals surface area contributed by atoms with Crippen LogP contribution in [0.25, 0.3) is 5.69 Å². The second kappa shape index (κ2) is 7.43. The fourth-order valence-corrected chi connectivity index (χ4v) is 3.25. The fourth-order valence-electron chi connectivity index (χ4n) is 3.25. The van der Waals surface area contributed by atoms with Gasteiger partial charge in [0.15, 0.2) is 5.69 Å². The van der Waals surface area contributed by atoms with Crippen molar-refractivity contribution >= 4 is 11.6 Å². The van der Waals surface area contributed by atoms with E-state index in [1.165, 1.54) is 23.0 Å². The Kier molecular flexibility index (Phi) is 5.08. The van der Waals surface area contributed by atoms with E-state index in [9.17, 15) is 20.0 Å². The quantitative estimate of drug-likeness (QED) is 0.637. The summed E-state index contributed by atoms with van der Waals surface area (Å²) in [5.74, 6) is -0.266. The molecule has 0 radical (unpaired) electrons. The zero-order valence-electron chi connectivity index (χ0n) is 13.7. The highest BCUT2D eigenvalue weighted by atomic mass is 16.6. The Bertz CT molecular complexity index is 774. The molecule has 0 spiro atoms. The number of benzene rings is 1. The number of amides is 1. The molecule has 8 heteroatoms. The zero-order valence-corrected chi connectivity index (χ0v) is 13.7.